The number of fused-ring (bicyclic) bond motifs is 1. The lowest BCUT2D eigenvalue weighted by molar-refractivity contribution is -0.138. The van der Waals surface area contributed by atoms with Crippen LogP contribution in [0.2, 0.25) is 5.02 Å². The molecular weight excluding hydrogens is 597 g/mol. The highest BCUT2D eigenvalue weighted by Crippen LogP contribution is 2.45. The van der Waals surface area contributed by atoms with Crippen LogP contribution in [0.1, 0.15) is 56.4 Å². The fourth-order valence-corrected chi connectivity index (χ4v) is 5.47. The zero-order chi connectivity index (χ0) is 32.7. The molecule has 0 unspecified atom stereocenters. The van der Waals surface area contributed by atoms with E-state index in [1.807, 2.05) is 59.1 Å². The maximum atomic E-state index is 14.2. The predicted molar refractivity (Wildman–Crippen MR) is 174 cm³/mol. The zero-order valence-corrected chi connectivity index (χ0v) is 27.6. The van der Waals surface area contributed by atoms with Crippen LogP contribution in [0.15, 0.2) is 60.7 Å². The molecule has 3 aromatic carbocycles. The quantitative estimate of drug-likeness (QED) is 0.231. The summed E-state index contributed by atoms with van der Waals surface area (Å²) >= 11 is 6.53. The molecule has 1 heterocycles. The topological polar surface area (TPSA) is 80.3 Å². The molecule has 4 rings (SSSR count). The van der Waals surface area contributed by atoms with Gasteiger partial charge in [-0.1, -0.05) is 62.7 Å². The average Bonchev–Trinajstić information content (AvgIpc) is 3.08. The molecule has 0 bridgehead atoms. The minimum absolute atomic E-state index is 0.0155. The van der Waals surface area contributed by atoms with Crippen molar-refractivity contribution in [3.05, 3.63) is 88.2 Å². The molecule has 0 aromatic heterocycles. The second kappa shape index (κ2) is 15.1. The van der Waals surface area contributed by atoms with Crippen LogP contribution < -0.4 is 19.7 Å². The monoisotopic (exact) mass is 639 g/mol. The fourth-order valence-electron chi connectivity index (χ4n) is 5.29. The lowest BCUT2D eigenvalue weighted by Gasteiger charge is -2.31. The van der Waals surface area contributed by atoms with Crippen LogP contribution in [0.3, 0.4) is 0 Å². The molecule has 0 spiro atoms. The van der Waals surface area contributed by atoms with E-state index in [9.17, 15) is 14.0 Å². The molecular formula is C35H43ClFN3O5. The Kier molecular flexibility index (Phi) is 11.5. The maximum Gasteiger partial charge on any atom is 0.256 e. The van der Waals surface area contributed by atoms with Crippen LogP contribution in [-0.4, -0.2) is 63.7 Å². The molecule has 10 heteroatoms. The number of nitrogens with zero attached hydrogens (tertiary/aromatic N) is 2. The van der Waals surface area contributed by atoms with Crippen LogP contribution >= 0.6 is 11.6 Å². The Hall–Kier alpha value is -3.66. The number of anilines is 1. The summed E-state index contributed by atoms with van der Waals surface area (Å²) in [7, 11) is 5.58. The van der Waals surface area contributed by atoms with Gasteiger partial charge in [-0.15, -0.1) is 0 Å². The Bertz CT molecular complexity index is 1490. The van der Waals surface area contributed by atoms with Crippen molar-refractivity contribution in [3.63, 3.8) is 0 Å². The molecule has 2 atom stereocenters. The van der Waals surface area contributed by atoms with Crippen LogP contribution in [0.25, 0.3) is 0 Å². The lowest BCUT2D eigenvalue weighted by atomic mass is 9.94. The summed E-state index contributed by atoms with van der Waals surface area (Å²) in [6.07, 6.45) is -1.43. The number of hydrogen-bond acceptors (Lipinski definition) is 6. The zero-order valence-electron chi connectivity index (χ0n) is 26.9. The number of halogens is 2. The van der Waals surface area contributed by atoms with Gasteiger partial charge in [0.15, 0.2) is 11.5 Å². The van der Waals surface area contributed by atoms with E-state index in [1.165, 1.54) is 6.07 Å². The minimum Gasteiger partial charge on any atom is -0.492 e. The maximum absolute atomic E-state index is 14.2. The van der Waals surface area contributed by atoms with Gasteiger partial charge in [0.05, 0.1) is 20.1 Å². The Balaban J connectivity index is 1.73. The van der Waals surface area contributed by atoms with Gasteiger partial charge < -0.3 is 29.3 Å². The van der Waals surface area contributed by atoms with Gasteiger partial charge in [0, 0.05) is 47.0 Å². The first kappa shape index (κ1) is 34.2. The SMILES string of the molecule is COc1c(OCCCN(C)C)cccc1[C@H]1O[C@H](CC(=O)NCc2ccccc2F)C(=O)N(CC(C)(C)C)c2ccc(Cl)cc21. The molecule has 242 valence electrons. The molecule has 1 N–H and O–H groups in total. The van der Waals surface area contributed by atoms with Gasteiger partial charge in [0.2, 0.25) is 5.91 Å². The highest BCUT2D eigenvalue weighted by Gasteiger charge is 2.40. The molecule has 1 aliphatic heterocycles. The van der Waals surface area contributed by atoms with Crippen LogP contribution in [-0.2, 0) is 20.9 Å². The Morgan fingerprint density at radius 2 is 1.84 bits per heavy atom. The third-order valence-electron chi connectivity index (χ3n) is 7.34. The highest BCUT2D eigenvalue weighted by atomic mass is 35.5. The second-order valence-electron chi connectivity index (χ2n) is 12.6. The molecule has 45 heavy (non-hydrogen) atoms. The predicted octanol–water partition coefficient (Wildman–Crippen LogP) is 6.39. The summed E-state index contributed by atoms with van der Waals surface area (Å²) in [6, 6.07) is 17.1. The Morgan fingerprint density at radius 1 is 1.09 bits per heavy atom. The fraction of sp³-hybridized carbons (Fsp3) is 0.429. The van der Waals surface area contributed by atoms with Crippen molar-refractivity contribution < 1.29 is 28.2 Å². The highest BCUT2D eigenvalue weighted by molar-refractivity contribution is 6.30. The summed E-state index contributed by atoms with van der Waals surface area (Å²) in [4.78, 5) is 31.2. The molecule has 0 aliphatic carbocycles. The standard InChI is InChI=1S/C35H43ClFN3O5/c1-35(2,3)22-40-28-16-15-24(36)19-26(28)32(25-12-9-14-29(33(25)43-6)44-18-10-17-39(4)5)45-30(34(40)42)20-31(41)38-21-23-11-7-8-13-27(23)37/h7-9,11-16,19,30,32H,10,17-18,20-22H2,1-6H3,(H,38,41)/t30-,32-/m1/s1. The largest absolute Gasteiger partial charge is 0.492 e. The van der Waals surface area contributed by atoms with E-state index < -0.39 is 23.9 Å². The van der Waals surface area contributed by atoms with Crippen molar-refractivity contribution in [2.75, 3.05) is 45.8 Å². The van der Waals surface area contributed by atoms with Gasteiger partial charge in [0.1, 0.15) is 18.0 Å². The van der Waals surface area contributed by atoms with Gasteiger partial charge in [-0.2, -0.15) is 0 Å². The molecule has 8 nitrogen and oxygen atoms in total. The average molecular weight is 640 g/mol. The first-order valence-corrected chi connectivity index (χ1v) is 15.5. The van der Waals surface area contributed by atoms with E-state index >= 15 is 0 Å². The first-order valence-electron chi connectivity index (χ1n) is 15.1. The van der Waals surface area contributed by atoms with E-state index in [2.05, 4.69) is 10.2 Å². The van der Waals surface area contributed by atoms with E-state index in [0.29, 0.717) is 52.1 Å². The second-order valence-corrected chi connectivity index (χ2v) is 13.1. The number of benzene rings is 3. The Morgan fingerprint density at radius 3 is 2.53 bits per heavy atom. The van der Waals surface area contributed by atoms with Gasteiger partial charge in [-0.25, -0.2) is 4.39 Å². The number of rotatable bonds is 12. The van der Waals surface area contributed by atoms with Crippen molar-refractivity contribution in [2.45, 2.75) is 52.4 Å². The van der Waals surface area contributed by atoms with Gasteiger partial charge >= 0.3 is 0 Å². The molecule has 0 saturated carbocycles. The summed E-state index contributed by atoms with van der Waals surface area (Å²) in [5.41, 5.74) is 2.01. The number of amides is 2. The van der Waals surface area contributed by atoms with Gasteiger partial charge in [-0.05, 0) is 56.3 Å². The number of hydrogen-bond donors (Lipinski definition) is 1. The van der Waals surface area contributed by atoms with E-state index in [4.69, 9.17) is 25.8 Å². The molecule has 0 radical (unpaired) electrons. The van der Waals surface area contributed by atoms with Crippen molar-refractivity contribution in [3.8, 4) is 11.5 Å². The van der Waals surface area contributed by atoms with Crippen LogP contribution in [0.5, 0.6) is 11.5 Å². The summed E-state index contributed by atoms with van der Waals surface area (Å²) in [5, 5.41) is 3.22. The molecule has 0 saturated heterocycles. The number of carbonyl (C=O) groups is 2. The van der Waals surface area contributed by atoms with Crippen LogP contribution in [0, 0.1) is 11.2 Å². The number of para-hydroxylation sites is 1. The number of ether oxygens (including phenoxy) is 3. The third kappa shape index (κ3) is 8.96. The molecule has 2 amide bonds. The van der Waals surface area contributed by atoms with Gasteiger partial charge in [0.25, 0.3) is 5.91 Å². The van der Waals surface area contributed by atoms with Crippen molar-refractivity contribution >= 4 is 29.1 Å². The molecule has 1 aliphatic rings. The normalized spacial score (nSPS) is 16.7. The van der Waals surface area contributed by atoms with Gasteiger partial charge in [-0.3, -0.25) is 9.59 Å². The summed E-state index contributed by atoms with van der Waals surface area (Å²) in [5.74, 6) is -0.202. The summed E-state index contributed by atoms with van der Waals surface area (Å²) in [6.45, 7) is 7.81. The van der Waals surface area contributed by atoms with Crippen molar-refractivity contribution in [1.82, 2.24) is 10.2 Å². The number of methoxy groups -OCH3 is 1. The van der Waals surface area contributed by atoms with E-state index in [1.54, 1.807) is 42.3 Å². The third-order valence-corrected chi connectivity index (χ3v) is 7.58. The van der Waals surface area contributed by atoms with E-state index in [0.717, 1.165) is 13.0 Å². The van der Waals surface area contributed by atoms with Crippen LogP contribution in [0.4, 0.5) is 10.1 Å². The van der Waals surface area contributed by atoms with Crippen molar-refractivity contribution in [1.29, 1.82) is 0 Å². The molecule has 0 fully saturated rings. The van der Waals surface area contributed by atoms with Crippen molar-refractivity contribution in [2.24, 2.45) is 5.41 Å². The van der Waals surface area contributed by atoms with E-state index in [-0.39, 0.29) is 24.3 Å². The first-order chi connectivity index (χ1) is 21.4. The Labute approximate surface area is 270 Å². The molecule has 3 aromatic rings. The number of nitrogens with one attached hydrogen (secondary N) is 1. The summed E-state index contributed by atoms with van der Waals surface area (Å²) < 4.78 is 32.8. The minimum atomic E-state index is -1.15. The lowest BCUT2D eigenvalue weighted by Crippen LogP contribution is -2.45. The number of carbonyl (C=O) groups excluding carboxylic acids is 2. The smallest absolute Gasteiger partial charge is 0.256 e.